The first-order valence-electron chi connectivity index (χ1n) is 9.20. The van der Waals surface area contributed by atoms with Gasteiger partial charge in [-0.15, -0.1) is 35.3 Å². The van der Waals surface area contributed by atoms with Crippen LogP contribution in [0.1, 0.15) is 31.0 Å². The zero-order valence-electron chi connectivity index (χ0n) is 15.6. The Morgan fingerprint density at radius 3 is 2.67 bits per heavy atom. The van der Waals surface area contributed by atoms with Crippen LogP contribution < -0.4 is 15.5 Å². The van der Waals surface area contributed by atoms with Gasteiger partial charge in [-0.1, -0.05) is 23.7 Å². The van der Waals surface area contributed by atoms with Gasteiger partial charge in [0, 0.05) is 43.0 Å². The third-order valence-corrected chi connectivity index (χ3v) is 5.47. The fourth-order valence-electron chi connectivity index (χ4n) is 2.88. The van der Waals surface area contributed by atoms with Crippen molar-refractivity contribution in [3.63, 3.8) is 0 Å². The highest BCUT2D eigenvalue weighted by Crippen LogP contribution is 2.24. The molecule has 3 rings (SSSR count). The van der Waals surface area contributed by atoms with Crippen molar-refractivity contribution in [3.8, 4) is 0 Å². The minimum atomic E-state index is 0. The fraction of sp³-hybridized carbons (Fsp3) is 0.474. The van der Waals surface area contributed by atoms with Gasteiger partial charge in [0.15, 0.2) is 11.1 Å². The van der Waals surface area contributed by atoms with E-state index in [1.807, 2.05) is 24.3 Å². The van der Waals surface area contributed by atoms with E-state index in [0.29, 0.717) is 6.54 Å². The minimum absolute atomic E-state index is 0. The summed E-state index contributed by atoms with van der Waals surface area (Å²) in [6.07, 6.45) is 3.47. The Kier molecular flexibility index (Phi) is 9.64. The Bertz CT molecular complexity index is 713. The SMILES string of the molecule is CCNC(=NCc1ccc(Cl)cc1)NCCc1csc(N2CCCC2)n1.I. The maximum atomic E-state index is 5.93. The number of anilines is 1. The fourth-order valence-corrected chi connectivity index (χ4v) is 3.92. The summed E-state index contributed by atoms with van der Waals surface area (Å²) in [5.74, 6) is 0.831. The number of rotatable bonds is 7. The highest BCUT2D eigenvalue weighted by Gasteiger charge is 2.15. The van der Waals surface area contributed by atoms with Crippen molar-refractivity contribution < 1.29 is 0 Å². The number of nitrogens with one attached hydrogen (secondary N) is 2. The highest BCUT2D eigenvalue weighted by atomic mass is 127. The molecule has 2 aromatic rings. The molecule has 0 bridgehead atoms. The van der Waals surface area contributed by atoms with Gasteiger partial charge in [-0.05, 0) is 37.5 Å². The summed E-state index contributed by atoms with van der Waals surface area (Å²) < 4.78 is 0. The van der Waals surface area contributed by atoms with E-state index in [2.05, 4.69) is 32.8 Å². The summed E-state index contributed by atoms with van der Waals surface area (Å²) >= 11 is 7.68. The quantitative estimate of drug-likeness (QED) is 0.325. The summed E-state index contributed by atoms with van der Waals surface area (Å²) in [7, 11) is 0. The number of aromatic nitrogens is 1. The second kappa shape index (κ2) is 11.7. The molecule has 0 saturated carbocycles. The van der Waals surface area contributed by atoms with Gasteiger partial charge < -0.3 is 15.5 Å². The third-order valence-electron chi connectivity index (χ3n) is 4.27. The van der Waals surface area contributed by atoms with Crippen molar-refractivity contribution in [1.82, 2.24) is 15.6 Å². The van der Waals surface area contributed by atoms with Crippen LogP contribution in [0.25, 0.3) is 0 Å². The van der Waals surface area contributed by atoms with Gasteiger partial charge in [0.25, 0.3) is 0 Å². The van der Waals surface area contributed by atoms with Gasteiger partial charge >= 0.3 is 0 Å². The summed E-state index contributed by atoms with van der Waals surface area (Å²) in [5, 5.41) is 10.8. The molecule has 1 aromatic heterocycles. The van der Waals surface area contributed by atoms with Crippen LogP contribution in [0.4, 0.5) is 5.13 Å². The zero-order valence-corrected chi connectivity index (χ0v) is 19.5. The molecule has 1 aromatic carbocycles. The van der Waals surface area contributed by atoms with Gasteiger partial charge in [0.2, 0.25) is 0 Å². The van der Waals surface area contributed by atoms with Crippen LogP contribution in [0.15, 0.2) is 34.6 Å². The predicted molar refractivity (Wildman–Crippen MR) is 127 cm³/mol. The lowest BCUT2D eigenvalue weighted by Crippen LogP contribution is -2.38. The predicted octanol–water partition coefficient (Wildman–Crippen LogP) is 4.31. The molecule has 1 saturated heterocycles. The molecule has 8 heteroatoms. The first-order chi connectivity index (χ1) is 12.7. The van der Waals surface area contributed by atoms with E-state index in [4.69, 9.17) is 16.6 Å². The van der Waals surface area contributed by atoms with E-state index < -0.39 is 0 Å². The highest BCUT2D eigenvalue weighted by molar-refractivity contribution is 14.0. The van der Waals surface area contributed by atoms with Crippen molar-refractivity contribution in [1.29, 1.82) is 0 Å². The molecule has 2 N–H and O–H groups in total. The number of nitrogens with zero attached hydrogens (tertiary/aromatic N) is 3. The molecule has 2 heterocycles. The Hall–Kier alpha value is -1.06. The van der Waals surface area contributed by atoms with Gasteiger partial charge in [-0.3, -0.25) is 0 Å². The monoisotopic (exact) mass is 519 g/mol. The van der Waals surface area contributed by atoms with Crippen LogP contribution in [-0.2, 0) is 13.0 Å². The molecule has 5 nitrogen and oxygen atoms in total. The van der Waals surface area contributed by atoms with Crippen LogP contribution in [0.5, 0.6) is 0 Å². The number of guanidine groups is 1. The van der Waals surface area contributed by atoms with E-state index in [1.54, 1.807) is 11.3 Å². The van der Waals surface area contributed by atoms with Crippen LogP contribution in [0.3, 0.4) is 0 Å². The third kappa shape index (κ3) is 7.12. The molecular formula is C19H27ClIN5S. The molecule has 27 heavy (non-hydrogen) atoms. The minimum Gasteiger partial charge on any atom is -0.357 e. The zero-order chi connectivity index (χ0) is 18.2. The first-order valence-corrected chi connectivity index (χ1v) is 10.5. The largest absolute Gasteiger partial charge is 0.357 e. The number of benzene rings is 1. The number of hydrogen-bond acceptors (Lipinski definition) is 4. The molecule has 0 radical (unpaired) electrons. The molecule has 0 amide bonds. The lowest BCUT2D eigenvalue weighted by molar-refractivity contribution is 0.789. The standard InChI is InChI=1S/C19H26ClN5S.HI/c1-2-21-18(23-13-15-5-7-16(20)8-6-15)22-10-9-17-14-26-19(24-17)25-11-3-4-12-25;/h5-8,14H,2-4,9-13H2,1H3,(H2,21,22,23);1H. The number of hydrogen-bond donors (Lipinski definition) is 2. The average Bonchev–Trinajstić information content (AvgIpc) is 3.32. The molecule has 0 aliphatic carbocycles. The van der Waals surface area contributed by atoms with Gasteiger partial charge in [0.1, 0.15) is 0 Å². The van der Waals surface area contributed by atoms with Crippen LogP contribution in [0, 0.1) is 0 Å². The number of aliphatic imine (C=N–C) groups is 1. The summed E-state index contributed by atoms with van der Waals surface area (Å²) in [6.45, 7) is 6.64. The maximum Gasteiger partial charge on any atom is 0.191 e. The van der Waals surface area contributed by atoms with E-state index in [1.165, 1.54) is 18.0 Å². The normalized spacial score (nSPS) is 14.1. The molecule has 0 atom stereocenters. The molecular weight excluding hydrogens is 493 g/mol. The van der Waals surface area contributed by atoms with Crippen LogP contribution in [-0.4, -0.2) is 37.1 Å². The van der Waals surface area contributed by atoms with Crippen molar-refractivity contribution >= 4 is 58.0 Å². The topological polar surface area (TPSA) is 52.6 Å². The van der Waals surface area contributed by atoms with Gasteiger partial charge in [0.05, 0.1) is 12.2 Å². The Morgan fingerprint density at radius 2 is 1.96 bits per heavy atom. The van der Waals surface area contributed by atoms with Crippen LogP contribution in [0.2, 0.25) is 5.02 Å². The van der Waals surface area contributed by atoms with Crippen molar-refractivity contribution in [2.75, 3.05) is 31.1 Å². The van der Waals surface area contributed by atoms with E-state index >= 15 is 0 Å². The van der Waals surface area contributed by atoms with Crippen molar-refractivity contribution in [2.45, 2.75) is 32.7 Å². The molecule has 0 unspecified atom stereocenters. The second-order valence-electron chi connectivity index (χ2n) is 6.31. The van der Waals surface area contributed by atoms with E-state index in [9.17, 15) is 0 Å². The molecule has 1 fully saturated rings. The average molecular weight is 520 g/mol. The first kappa shape index (κ1) is 22.2. The molecule has 148 valence electrons. The maximum absolute atomic E-state index is 5.93. The summed E-state index contributed by atoms with van der Waals surface area (Å²) in [4.78, 5) is 11.8. The smallest absolute Gasteiger partial charge is 0.191 e. The Balaban J connectivity index is 0.00000261. The van der Waals surface area contributed by atoms with Crippen molar-refractivity contribution in [3.05, 3.63) is 45.9 Å². The Labute approximate surface area is 187 Å². The lowest BCUT2D eigenvalue weighted by Gasteiger charge is -2.12. The molecule has 1 aliphatic rings. The van der Waals surface area contributed by atoms with E-state index in [0.717, 1.165) is 54.8 Å². The number of halogens is 2. The van der Waals surface area contributed by atoms with E-state index in [-0.39, 0.29) is 24.0 Å². The summed E-state index contributed by atoms with van der Waals surface area (Å²) in [5.41, 5.74) is 2.29. The van der Waals surface area contributed by atoms with Crippen LogP contribution >= 0.6 is 46.9 Å². The Morgan fingerprint density at radius 1 is 1.22 bits per heavy atom. The lowest BCUT2D eigenvalue weighted by atomic mass is 10.2. The van der Waals surface area contributed by atoms with Gasteiger partial charge in [-0.25, -0.2) is 9.98 Å². The number of thiazole rings is 1. The molecule has 0 spiro atoms. The van der Waals surface area contributed by atoms with Crippen molar-refractivity contribution in [2.24, 2.45) is 4.99 Å². The summed E-state index contributed by atoms with van der Waals surface area (Å²) in [6, 6.07) is 7.80. The molecule has 1 aliphatic heterocycles. The van der Waals surface area contributed by atoms with Gasteiger partial charge in [-0.2, -0.15) is 0 Å². The second-order valence-corrected chi connectivity index (χ2v) is 7.59.